The summed E-state index contributed by atoms with van der Waals surface area (Å²) in [6, 6.07) is 11.6. The van der Waals surface area contributed by atoms with Crippen LogP contribution in [-0.4, -0.2) is 35.0 Å². The Hall–Kier alpha value is -3.72. The van der Waals surface area contributed by atoms with Gasteiger partial charge in [-0.1, -0.05) is 18.2 Å². The second-order valence-corrected chi connectivity index (χ2v) is 6.61. The number of aliphatic hydroxyl groups excluding tert-OH is 1. The number of anilines is 1. The molecular weight excluding hydrogens is 403 g/mol. The van der Waals surface area contributed by atoms with Gasteiger partial charge in [-0.25, -0.2) is 14.8 Å². The number of halogens is 1. The first-order valence-electron chi connectivity index (χ1n) is 9.55. The maximum atomic E-state index is 13.8. The molecular formula is C22H23FN4O4. The molecule has 0 saturated heterocycles. The molecule has 0 aliphatic carbocycles. The zero-order chi connectivity index (χ0) is 22.2. The molecule has 3 N–H and O–H groups in total. The number of hydrazone groups is 1. The van der Waals surface area contributed by atoms with Crippen LogP contribution in [0, 0.1) is 12.7 Å². The molecule has 0 aliphatic rings. The minimum atomic E-state index is -0.331. The van der Waals surface area contributed by atoms with E-state index >= 15 is 0 Å². The smallest absolute Gasteiger partial charge is 0.255 e. The normalized spacial score (nSPS) is 11.0. The van der Waals surface area contributed by atoms with E-state index in [2.05, 4.69) is 20.5 Å². The molecule has 0 bridgehead atoms. The van der Waals surface area contributed by atoms with Crippen molar-refractivity contribution in [3.8, 4) is 11.5 Å². The van der Waals surface area contributed by atoms with Gasteiger partial charge in [0, 0.05) is 24.2 Å². The summed E-state index contributed by atoms with van der Waals surface area (Å²) in [5, 5.41) is 13.1. The third-order valence-electron chi connectivity index (χ3n) is 4.50. The molecule has 0 atom stereocenters. The van der Waals surface area contributed by atoms with Gasteiger partial charge in [-0.15, -0.1) is 0 Å². The molecule has 31 heavy (non-hydrogen) atoms. The van der Waals surface area contributed by atoms with E-state index in [0.29, 0.717) is 33.9 Å². The summed E-state index contributed by atoms with van der Waals surface area (Å²) < 4.78 is 24.8. The van der Waals surface area contributed by atoms with Crippen molar-refractivity contribution in [2.24, 2.45) is 5.10 Å². The summed E-state index contributed by atoms with van der Waals surface area (Å²) in [7, 11) is 1.51. The highest BCUT2D eigenvalue weighted by atomic mass is 19.1. The van der Waals surface area contributed by atoms with Gasteiger partial charge < -0.3 is 14.6 Å². The number of methoxy groups -OCH3 is 1. The van der Waals surface area contributed by atoms with Crippen LogP contribution in [0.15, 0.2) is 52.4 Å². The molecule has 9 heteroatoms. The standard InChI is InChI=1S/C22H23FN4O4/c1-14-17(9-10-28)21(29)26-22(25-14)27-24-12-15-7-8-19(20(11-15)30-2)31-13-16-5-3-4-6-18(16)23/h3-8,11-12,28H,9-10,13H2,1-2H3,(H2,25,26,27,29)/b24-12-. The molecule has 0 saturated carbocycles. The van der Waals surface area contributed by atoms with Gasteiger partial charge in [0.05, 0.1) is 19.0 Å². The number of ether oxygens (including phenoxy) is 2. The van der Waals surface area contributed by atoms with Gasteiger partial charge in [-0.3, -0.25) is 9.78 Å². The second-order valence-electron chi connectivity index (χ2n) is 6.61. The van der Waals surface area contributed by atoms with Crippen LogP contribution in [0.3, 0.4) is 0 Å². The van der Waals surface area contributed by atoms with Gasteiger partial charge >= 0.3 is 0 Å². The third-order valence-corrected chi connectivity index (χ3v) is 4.50. The number of benzene rings is 2. The van der Waals surface area contributed by atoms with Gasteiger partial charge in [0.2, 0.25) is 5.95 Å². The highest BCUT2D eigenvalue weighted by Gasteiger charge is 2.09. The lowest BCUT2D eigenvalue weighted by Crippen LogP contribution is -2.19. The van der Waals surface area contributed by atoms with Crippen molar-refractivity contribution in [2.45, 2.75) is 20.0 Å². The van der Waals surface area contributed by atoms with E-state index in [4.69, 9.17) is 14.6 Å². The summed E-state index contributed by atoms with van der Waals surface area (Å²) >= 11 is 0. The van der Waals surface area contributed by atoms with Crippen molar-refractivity contribution >= 4 is 12.2 Å². The molecule has 3 aromatic rings. The summed E-state index contributed by atoms with van der Waals surface area (Å²) in [6.07, 6.45) is 1.77. The first kappa shape index (κ1) is 22.0. The maximum absolute atomic E-state index is 13.8. The molecule has 0 aliphatic heterocycles. The predicted molar refractivity (Wildman–Crippen MR) is 115 cm³/mol. The number of aryl methyl sites for hydroxylation is 1. The maximum Gasteiger partial charge on any atom is 0.255 e. The van der Waals surface area contributed by atoms with Crippen LogP contribution in [0.5, 0.6) is 11.5 Å². The summed E-state index contributed by atoms with van der Waals surface area (Å²) in [4.78, 5) is 18.8. The third kappa shape index (κ3) is 5.67. The Bertz CT molecular complexity index is 1130. The van der Waals surface area contributed by atoms with E-state index in [1.807, 2.05) is 0 Å². The van der Waals surface area contributed by atoms with Crippen molar-refractivity contribution in [1.82, 2.24) is 9.97 Å². The fourth-order valence-corrected chi connectivity index (χ4v) is 2.89. The lowest BCUT2D eigenvalue weighted by molar-refractivity contribution is 0.279. The fourth-order valence-electron chi connectivity index (χ4n) is 2.89. The van der Waals surface area contributed by atoms with Crippen LogP contribution in [0.2, 0.25) is 0 Å². The molecule has 0 amide bonds. The van der Waals surface area contributed by atoms with Gasteiger partial charge in [0.25, 0.3) is 5.56 Å². The van der Waals surface area contributed by atoms with E-state index in [9.17, 15) is 9.18 Å². The Kier molecular flexibility index (Phi) is 7.34. The van der Waals surface area contributed by atoms with Crippen LogP contribution < -0.4 is 20.5 Å². The van der Waals surface area contributed by atoms with E-state index in [0.717, 1.165) is 0 Å². The molecule has 3 rings (SSSR count). The largest absolute Gasteiger partial charge is 0.493 e. The molecule has 0 radical (unpaired) electrons. The Morgan fingerprint density at radius 3 is 2.77 bits per heavy atom. The van der Waals surface area contributed by atoms with Crippen LogP contribution in [-0.2, 0) is 13.0 Å². The van der Waals surface area contributed by atoms with Crippen LogP contribution in [0.25, 0.3) is 0 Å². The molecule has 0 unspecified atom stereocenters. The summed E-state index contributed by atoms with van der Waals surface area (Å²) in [5.41, 5.74) is 4.47. The monoisotopic (exact) mass is 426 g/mol. The van der Waals surface area contributed by atoms with Crippen LogP contribution in [0.4, 0.5) is 10.3 Å². The number of nitrogens with one attached hydrogen (secondary N) is 2. The van der Waals surface area contributed by atoms with Crippen molar-refractivity contribution in [3.63, 3.8) is 0 Å². The van der Waals surface area contributed by atoms with Crippen molar-refractivity contribution in [2.75, 3.05) is 19.1 Å². The zero-order valence-electron chi connectivity index (χ0n) is 17.2. The number of rotatable bonds is 9. The molecule has 1 aromatic heterocycles. The second kappa shape index (κ2) is 10.4. The lowest BCUT2D eigenvalue weighted by atomic mass is 10.2. The lowest BCUT2D eigenvalue weighted by Gasteiger charge is -2.11. The van der Waals surface area contributed by atoms with Crippen LogP contribution >= 0.6 is 0 Å². The number of aromatic nitrogens is 2. The van der Waals surface area contributed by atoms with Gasteiger partial charge in [0.15, 0.2) is 11.5 Å². The Morgan fingerprint density at radius 2 is 2.06 bits per heavy atom. The molecule has 162 valence electrons. The number of aliphatic hydroxyl groups is 1. The topological polar surface area (TPSA) is 109 Å². The molecule has 1 heterocycles. The van der Waals surface area contributed by atoms with Gasteiger partial charge in [0.1, 0.15) is 12.4 Å². The van der Waals surface area contributed by atoms with Crippen molar-refractivity contribution in [3.05, 3.63) is 81.0 Å². The summed E-state index contributed by atoms with van der Waals surface area (Å²) in [6.45, 7) is 1.64. The number of hydrogen-bond donors (Lipinski definition) is 3. The van der Waals surface area contributed by atoms with Crippen LogP contribution in [0.1, 0.15) is 22.4 Å². The minimum Gasteiger partial charge on any atom is -0.493 e. The average molecular weight is 426 g/mol. The minimum absolute atomic E-state index is 0.0721. The predicted octanol–water partition coefficient (Wildman–Crippen LogP) is 2.79. The van der Waals surface area contributed by atoms with Crippen molar-refractivity contribution < 1.29 is 19.0 Å². The highest BCUT2D eigenvalue weighted by molar-refractivity contribution is 5.81. The highest BCUT2D eigenvalue weighted by Crippen LogP contribution is 2.28. The Balaban J connectivity index is 1.67. The number of aromatic amines is 1. The molecule has 0 spiro atoms. The Labute approximate surface area is 178 Å². The Morgan fingerprint density at radius 1 is 1.26 bits per heavy atom. The number of hydrogen-bond acceptors (Lipinski definition) is 7. The number of nitrogens with zero attached hydrogens (tertiary/aromatic N) is 2. The zero-order valence-corrected chi connectivity index (χ0v) is 17.2. The fraction of sp³-hybridized carbons (Fsp3) is 0.227. The van der Waals surface area contributed by atoms with E-state index < -0.39 is 0 Å². The molecule has 0 fully saturated rings. The average Bonchev–Trinajstić information content (AvgIpc) is 2.76. The van der Waals surface area contributed by atoms with Gasteiger partial charge in [-0.05, 0) is 36.8 Å². The first-order valence-corrected chi connectivity index (χ1v) is 9.55. The first-order chi connectivity index (χ1) is 15.0. The number of H-pyrrole nitrogens is 1. The molecule has 2 aromatic carbocycles. The van der Waals surface area contributed by atoms with E-state index in [-0.39, 0.29) is 37.0 Å². The summed E-state index contributed by atoms with van der Waals surface area (Å²) in [5.74, 6) is 0.799. The van der Waals surface area contributed by atoms with Crippen molar-refractivity contribution in [1.29, 1.82) is 0 Å². The SMILES string of the molecule is COc1cc(/C=N\Nc2nc(C)c(CCO)c(=O)[nH]2)ccc1OCc1ccccc1F. The van der Waals surface area contributed by atoms with E-state index in [1.165, 1.54) is 19.4 Å². The van der Waals surface area contributed by atoms with Gasteiger partial charge in [-0.2, -0.15) is 5.10 Å². The quantitative estimate of drug-likeness (QED) is 0.359. The van der Waals surface area contributed by atoms with E-state index in [1.54, 1.807) is 43.3 Å². The molecule has 8 nitrogen and oxygen atoms in total.